The lowest BCUT2D eigenvalue weighted by atomic mass is 9.98. The molecule has 1 amide bonds. The Morgan fingerprint density at radius 2 is 1.95 bits per heavy atom. The first-order valence-electron chi connectivity index (χ1n) is 6.32. The van der Waals surface area contributed by atoms with E-state index in [9.17, 15) is 9.18 Å². The summed E-state index contributed by atoms with van der Waals surface area (Å²) in [6.45, 7) is 0.901. The molecule has 0 N–H and O–H groups in total. The molecule has 1 aromatic heterocycles. The lowest BCUT2D eigenvalue weighted by Crippen LogP contribution is -2.36. The fourth-order valence-corrected chi connectivity index (χ4v) is 3.01. The van der Waals surface area contributed by atoms with Gasteiger partial charge in [0.25, 0.3) is 5.91 Å². The molecule has 0 aliphatic carbocycles. The van der Waals surface area contributed by atoms with Crippen LogP contribution in [0.4, 0.5) is 4.39 Å². The minimum Gasteiger partial charge on any atom is -0.334 e. The van der Waals surface area contributed by atoms with Crippen LogP contribution in [-0.4, -0.2) is 22.3 Å². The summed E-state index contributed by atoms with van der Waals surface area (Å²) >= 11 is 3.44. The van der Waals surface area contributed by atoms with Crippen LogP contribution in [0.2, 0.25) is 0 Å². The number of carbonyl (C=O) groups is 1. The van der Waals surface area contributed by atoms with Crippen molar-refractivity contribution in [3.8, 4) is 0 Å². The van der Waals surface area contributed by atoms with Crippen LogP contribution >= 0.6 is 15.9 Å². The normalized spacial score (nSPS) is 14.0. The third-order valence-corrected chi connectivity index (χ3v) is 4.25. The Kier molecular flexibility index (Phi) is 3.53. The highest BCUT2D eigenvalue weighted by molar-refractivity contribution is 9.10. The minimum atomic E-state index is -0.254. The summed E-state index contributed by atoms with van der Waals surface area (Å²) in [7, 11) is 0. The summed E-state index contributed by atoms with van der Waals surface area (Å²) in [4.78, 5) is 17.9. The second-order valence-corrected chi connectivity index (χ2v) is 5.55. The number of benzene rings is 1. The average molecular weight is 335 g/mol. The Balaban J connectivity index is 1.89. The van der Waals surface area contributed by atoms with Crippen LogP contribution in [0.15, 0.2) is 41.1 Å². The first kappa shape index (κ1) is 13.2. The van der Waals surface area contributed by atoms with Crippen molar-refractivity contribution in [3.05, 3.63) is 63.6 Å². The summed E-state index contributed by atoms with van der Waals surface area (Å²) in [6, 6.07) is 6.50. The molecule has 102 valence electrons. The van der Waals surface area contributed by atoms with Crippen molar-refractivity contribution >= 4 is 21.8 Å². The zero-order valence-electron chi connectivity index (χ0n) is 10.6. The van der Waals surface area contributed by atoms with E-state index in [1.54, 1.807) is 35.5 Å². The van der Waals surface area contributed by atoms with Crippen molar-refractivity contribution in [2.24, 2.45) is 0 Å². The maximum Gasteiger partial charge on any atom is 0.254 e. The quantitative estimate of drug-likeness (QED) is 0.802. The number of hydrogen-bond donors (Lipinski definition) is 0. The Labute approximate surface area is 124 Å². The van der Waals surface area contributed by atoms with Crippen molar-refractivity contribution in [1.29, 1.82) is 0 Å². The molecular weight excluding hydrogens is 323 g/mol. The van der Waals surface area contributed by atoms with Crippen molar-refractivity contribution in [2.45, 2.75) is 13.0 Å². The maximum atomic E-state index is 13.9. The zero-order chi connectivity index (χ0) is 14.1. The Hall–Kier alpha value is -1.75. The molecule has 0 atom stereocenters. The van der Waals surface area contributed by atoms with Crippen molar-refractivity contribution in [2.75, 3.05) is 6.54 Å². The molecule has 1 aliphatic heterocycles. The Morgan fingerprint density at radius 1 is 1.20 bits per heavy atom. The third kappa shape index (κ3) is 2.33. The molecule has 20 heavy (non-hydrogen) atoms. The number of rotatable bonds is 1. The number of carbonyl (C=O) groups excluding carboxylic acids is 1. The highest BCUT2D eigenvalue weighted by Crippen LogP contribution is 2.29. The largest absolute Gasteiger partial charge is 0.334 e. The van der Waals surface area contributed by atoms with Gasteiger partial charge in [-0.15, -0.1) is 0 Å². The van der Waals surface area contributed by atoms with Gasteiger partial charge in [0.15, 0.2) is 0 Å². The van der Waals surface area contributed by atoms with Gasteiger partial charge in [-0.3, -0.25) is 9.78 Å². The molecule has 0 fully saturated rings. The number of aromatic nitrogens is 1. The molecule has 0 saturated heterocycles. The SMILES string of the molecule is O=C(c1ccncc1)N1CCc2c(Br)ccc(F)c2C1. The second kappa shape index (κ2) is 5.32. The van der Waals surface area contributed by atoms with Gasteiger partial charge in [-0.05, 0) is 36.2 Å². The standard InChI is InChI=1S/C15H12BrFN2O/c16-13-1-2-14(17)12-9-19(8-5-11(12)13)15(20)10-3-6-18-7-4-10/h1-4,6-7H,5,8-9H2. The van der Waals surface area contributed by atoms with Gasteiger partial charge >= 0.3 is 0 Å². The predicted molar refractivity (Wildman–Crippen MR) is 76.8 cm³/mol. The topological polar surface area (TPSA) is 33.2 Å². The molecule has 0 saturated carbocycles. The highest BCUT2D eigenvalue weighted by Gasteiger charge is 2.25. The number of nitrogens with zero attached hydrogens (tertiary/aromatic N) is 2. The van der Waals surface area contributed by atoms with Crippen molar-refractivity contribution in [1.82, 2.24) is 9.88 Å². The molecule has 1 aliphatic rings. The van der Waals surface area contributed by atoms with Crippen molar-refractivity contribution < 1.29 is 9.18 Å². The molecule has 0 radical (unpaired) electrons. The van der Waals surface area contributed by atoms with Crippen LogP contribution in [0, 0.1) is 5.82 Å². The summed E-state index contributed by atoms with van der Waals surface area (Å²) in [5.74, 6) is -0.340. The van der Waals surface area contributed by atoms with Gasteiger partial charge in [-0.1, -0.05) is 15.9 Å². The number of fused-ring (bicyclic) bond motifs is 1. The Morgan fingerprint density at radius 3 is 2.70 bits per heavy atom. The van der Waals surface area contributed by atoms with Crippen LogP contribution in [-0.2, 0) is 13.0 Å². The number of halogens is 2. The molecule has 3 nitrogen and oxygen atoms in total. The first-order chi connectivity index (χ1) is 9.66. The second-order valence-electron chi connectivity index (χ2n) is 4.70. The summed E-state index contributed by atoms with van der Waals surface area (Å²) in [6.07, 6.45) is 3.83. The van der Waals surface area contributed by atoms with Gasteiger partial charge in [0.05, 0.1) is 0 Å². The van der Waals surface area contributed by atoms with E-state index >= 15 is 0 Å². The number of pyridine rings is 1. The van der Waals surface area contributed by atoms with Gasteiger partial charge < -0.3 is 4.90 Å². The maximum absolute atomic E-state index is 13.9. The number of hydrogen-bond acceptors (Lipinski definition) is 2. The minimum absolute atomic E-state index is 0.0857. The number of amides is 1. The van der Waals surface area contributed by atoms with Gasteiger partial charge in [-0.25, -0.2) is 4.39 Å². The molecule has 0 bridgehead atoms. The fraction of sp³-hybridized carbons (Fsp3) is 0.200. The van der Waals surface area contributed by atoms with E-state index in [-0.39, 0.29) is 11.7 Å². The van der Waals surface area contributed by atoms with E-state index in [0.29, 0.717) is 30.6 Å². The fourth-order valence-electron chi connectivity index (χ4n) is 2.44. The van der Waals surface area contributed by atoms with E-state index in [4.69, 9.17) is 0 Å². The van der Waals surface area contributed by atoms with Crippen LogP contribution in [0.3, 0.4) is 0 Å². The Bertz CT molecular complexity index is 660. The van der Waals surface area contributed by atoms with Crippen LogP contribution in [0.25, 0.3) is 0 Å². The third-order valence-electron chi connectivity index (χ3n) is 3.51. The lowest BCUT2D eigenvalue weighted by Gasteiger charge is -2.29. The first-order valence-corrected chi connectivity index (χ1v) is 7.11. The van der Waals surface area contributed by atoms with Gasteiger partial charge in [0, 0.05) is 41.1 Å². The molecule has 1 aromatic carbocycles. The van der Waals surface area contributed by atoms with Crippen molar-refractivity contribution in [3.63, 3.8) is 0 Å². The zero-order valence-corrected chi connectivity index (χ0v) is 12.2. The van der Waals surface area contributed by atoms with E-state index in [1.807, 2.05) is 0 Å². The molecular formula is C15H12BrFN2O. The average Bonchev–Trinajstić information content (AvgIpc) is 2.51. The molecule has 0 spiro atoms. The predicted octanol–water partition coefficient (Wildman–Crippen LogP) is 3.18. The van der Waals surface area contributed by atoms with Gasteiger partial charge in [-0.2, -0.15) is 0 Å². The molecule has 2 aromatic rings. The highest BCUT2D eigenvalue weighted by atomic mass is 79.9. The molecule has 3 rings (SSSR count). The lowest BCUT2D eigenvalue weighted by molar-refractivity contribution is 0.0732. The van der Waals surface area contributed by atoms with E-state index in [1.165, 1.54) is 6.07 Å². The molecule has 2 heterocycles. The summed E-state index contributed by atoms with van der Waals surface area (Å²) < 4.78 is 14.8. The monoisotopic (exact) mass is 334 g/mol. The van der Waals surface area contributed by atoms with E-state index in [2.05, 4.69) is 20.9 Å². The van der Waals surface area contributed by atoms with Crippen LogP contribution < -0.4 is 0 Å². The summed E-state index contributed by atoms with van der Waals surface area (Å²) in [5, 5.41) is 0. The van der Waals surface area contributed by atoms with E-state index in [0.717, 1.165) is 10.0 Å². The molecule has 5 heteroatoms. The van der Waals surface area contributed by atoms with Gasteiger partial charge in [0.2, 0.25) is 0 Å². The van der Waals surface area contributed by atoms with Gasteiger partial charge in [0.1, 0.15) is 5.82 Å². The van der Waals surface area contributed by atoms with Crippen LogP contribution in [0.5, 0.6) is 0 Å². The molecule has 0 unspecified atom stereocenters. The summed E-state index contributed by atoms with van der Waals surface area (Å²) in [5.41, 5.74) is 2.15. The van der Waals surface area contributed by atoms with E-state index < -0.39 is 0 Å². The van der Waals surface area contributed by atoms with Crippen LogP contribution in [0.1, 0.15) is 21.5 Å². The smallest absolute Gasteiger partial charge is 0.254 e.